The predicted molar refractivity (Wildman–Crippen MR) is 88.1 cm³/mol. The molecule has 0 aromatic heterocycles. The molecule has 0 fully saturated rings. The molecule has 0 saturated carbocycles. The Morgan fingerprint density at radius 2 is 1.73 bits per heavy atom. The van der Waals surface area contributed by atoms with E-state index in [9.17, 15) is 22.7 Å². The van der Waals surface area contributed by atoms with Gasteiger partial charge in [0.15, 0.2) is 0 Å². The first-order chi connectivity index (χ1) is 12.5. The second kappa shape index (κ2) is 7.61. The molecule has 0 bridgehead atoms. The molecule has 0 atom stereocenters. The number of aliphatic hydroxyl groups is 1. The topological polar surface area (TPSA) is 32.7 Å². The number of anilines is 1. The van der Waals surface area contributed by atoms with Gasteiger partial charge in [-0.15, -0.1) is 0 Å². The van der Waals surface area contributed by atoms with Crippen LogP contribution in [0.1, 0.15) is 5.56 Å². The Balaban J connectivity index is 1.76. The number of allylic oxidation sites excluding steroid dienone is 1. The highest BCUT2D eigenvalue weighted by molar-refractivity contribution is 5.57. The predicted octanol–water partition coefficient (Wildman–Crippen LogP) is 4.04. The van der Waals surface area contributed by atoms with Crippen LogP contribution in [0.2, 0.25) is 0 Å². The van der Waals surface area contributed by atoms with E-state index in [-0.39, 0.29) is 30.1 Å². The second-order valence-corrected chi connectivity index (χ2v) is 5.61. The first-order valence-electron chi connectivity index (χ1n) is 7.79. The number of aliphatic hydroxyl groups excluding tert-OH is 1. The van der Waals surface area contributed by atoms with Gasteiger partial charge in [-0.25, -0.2) is 17.6 Å². The fraction of sp³-hybridized carbons (Fsp3) is 0.158. The van der Waals surface area contributed by atoms with Crippen molar-refractivity contribution in [2.45, 2.75) is 6.61 Å². The first-order valence-corrected chi connectivity index (χ1v) is 7.79. The molecule has 1 aliphatic heterocycles. The number of hydrogen-bond donors (Lipinski definition) is 1. The van der Waals surface area contributed by atoms with Crippen molar-refractivity contribution in [3.63, 3.8) is 0 Å². The normalized spacial score (nSPS) is 14.1. The molecule has 3 nitrogen and oxygen atoms in total. The number of rotatable bonds is 5. The number of hydrogen-bond acceptors (Lipinski definition) is 3. The lowest BCUT2D eigenvalue weighted by molar-refractivity contribution is 0.204. The maximum Gasteiger partial charge on any atom is 0.149 e. The van der Waals surface area contributed by atoms with Crippen LogP contribution in [-0.2, 0) is 11.3 Å². The molecule has 0 spiro atoms. The standard InChI is InChI=1S/C19H15F4NO2/c20-13-5-4-12(18(23)8-13)11-26-15-6-7-24(14(9-15)10-25)19-16(21)2-1-3-17(19)22/h1-6,8-9,25H,7,10-11H2. The smallest absolute Gasteiger partial charge is 0.149 e. The van der Waals surface area contributed by atoms with E-state index in [1.807, 2.05) is 0 Å². The van der Waals surface area contributed by atoms with E-state index in [1.54, 1.807) is 6.08 Å². The largest absolute Gasteiger partial charge is 0.489 e. The zero-order chi connectivity index (χ0) is 18.7. The summed E-state index contributed by atoms with van der Waals surface area (Å²) in [6.45, 7) is -0.563. The van der Waals surface area contributed by atoms with Crippen LogP contribution in [0.4, 0.5) is 23.2 Å². The molecule has 1 heterocycles. The highest BCUT2D eigenvalue weighted by Gasteiger charge is 2.22. The third-order valence-electron chi connectivity index (χ3n) is 3.91. The Bertz CT molecular complexity index is 860. The maximum atomic E-state index is 14.0. The summed E-state index contributed by atoms with van der Waals surface area (Å²) in [6.07, 6.45) is 2.96. The van der Waals surface area contributed by atoms with Crippen molar-refractivity contribution in [2.24, 2.45) is 0 Å². The Morgan fingerprint density at radius 1 is 1.00 bits per heavy atom. The van der Waals surface area contributed by atoms with E-state index in [1.165, 1.54) is 23.1 Å². The van der Waals surface area contributed by atoms with Crippen LogP contribution in [0.15, 0.2) is 60.0 Å². The number of benzene rings is 2. The summed E-state index contributed by atoms with van der Waals surface area (Å²) in [7, 11) is 0. The fourth-order valence-corrected chi connectivity index (χ4v) is 2.61. The fourth-order valence-electron chi connectivity index (χ4n) is 2.61. The van der Waals surface area contributed by atoms with Gasteiger partial charge in [-0.2, -0.15) is 0 Å². The SMILES string of the molecule is OCC1=CC(OCc2ccc(F)cc2F)=CCN1c1c(F)cccc1F. The van der Waals surface area contributed by atoms with Gasteiger partial charge in [-0.3, -0.25) is 0 Å². The molecule has 1 N–H and O–H groups in total. The molecule has 0 amide bonds. The van der Waals surface area contributed by atoms with Gasteiger partial charge in [0.1, 0.15) is 41.3 Å². The Labute approximate surface area is 147 Å². The highest BCUT2D eigenvalue weighted by atomic mass is 19.1. The Hall–Kier alpha value is -2.80. The van der Waals surface area contributed by atoms with Crippen molar-refractivity contribution in [3.05, 3.63) is 88.8 Å². The van der Waals surface area contributed by atoms with E-state index < -0.39 is 29.9 Å². The van der Waals surface area contributed by atoms with Crippen molar-refractivity contribution in [3.8, 4) is 0 Å². The van der Waals surface area contributed by atoms with Crippen LogP contribution >= 0.6 is 0 Å². The summed E-state index contributed by atoms with van der Waals surface area (Å²) in [5.74, 6) is -2.62. The molecule has 0 radical (unpaired) electrons. The monoisotopic (exact) mass is 365 g/mol. The Kier molecular flexibility index (Phi) is 5.27. The van der Waals surface area contributed by atoms with E-state index in [2.05, 4.69) is 0 Å². The lowest BCUT2D eigenvalue weighted by atomic mass is 10.1. The lowest BCUT2D eigenvalue weighted by Crippen LogP contribution is -2.29. The Morgan fingerprint density at radius 3 is 2.38 bits per heavy atom. The van der Waals surface area contributed by atoms with Gasteiger partial charge in [-0.1, -0.05) is 6.07 Å². The minimum Gasteiger partial charge on any atom is -0.489 e. The van der Waals surface area contributed by atoms with Gasteiger partial charge in [-0.05, 0) is 30.3 Å². The third-order valence-corrected chi connectivity index (χ3v) is 3.91. The molecule has 0 unspecified atom stereocenters. The lowest BCUT2D eigenvalue weighted by Gasteiger charge is -2.29. The van der Waals surface area contributed by atoms with Crippen molar-refractivity contribution in [1.29, 1.82) is 0 Å². The molecular weight excluding hydrogens is 350 g/mol. The molecule has 0 saturated heterocycles. The summed E-state index contributed by atoms with van der Waals surface area (Å²) in [5.41, 5.74) is 0.118. The summed E-state index contributed by atoms with van der Waals surface area (Å²) in [6, 6.07) is 6.65. The van der Waals surface area contributed by atoms with Crippen molar-refractivity contribution in [2.75, 3.05) is 18.1 Å². The molecular formula is C19H15F4NO2. The molecule has 1 aliphatic rings. The molecule has 2 aromatic rings. The van der Waals surface area contributed by atoms with Gasteiger partial charge >= 0.3 is 0 Å². The molecule has 2 aromatic carbocycles. The van der Waals surface area contributed by atoms with Gasteiger partial charge in [0.05, 0.1) is 6.61 Å². The van der Waals surface area contributed by atoms with E-state index >= 15 is 0 Å². The first kappa shape index (κ1) is 18.0. The number of nitrogens with zero attached hydrogens (tertiary/aromatic N) is 1. The number of halogens is 4. The van der Waals surface area contributed by atoms with E-state index in [0.717, 1.165) is 24.3 Å². The molecule has 7 heteroatoms. The summed E-state index contributed by atoms with van der Waals surface area (Å²) >= 11 is 0. The molecule has 3 rings (SSSR count). The molecule has 0 aliphatic carbocycles. The average Bonchev–Trinajstić information content (AvgIpc) is 2.61. The summed E-state index contributed by atoms with van der Waals surface area (Å²) in [5, 5.41) is 9.54. The number of ether oxygens (including phenoxy) is 1. The minimum atomic E-state index is -0.754. The zero-order valence-corrected chi connectivity index (χ0v) is 13.6. The minimum absolute atomic E-state index is 0.0610. The average molecular weight is 365 g/mol. The summed E-state index contributed by atoms with van der Waals surface area (Å²) in [4.78, 5) is 1.29. The molecule has 136 valence electrons. The van der Waals surface area contributed by atoms with Crippen molar-refractivity contribution in [1.82, 2.24) is 0 Å². The third kappa shape index (κ3) is 3.72. The molecule has 26 heavy (non-hydrogen) atoms. The van der Waals surface area contributed by atoms with E-state index in [4.69, 9.17) is 4.74 Å². The van der Waals surface area contributed by atoms with Crippen LogP contribution in [0.3, 0.4) is 0 Å². The van der Waals surface area contributed by atoms with Crippen molar-refractivity contribution >= 4 is 5.69 Å². The van der Waals surface area contributed by atoms with Crippen LogP contribution in [0, 0.1) is 23.3 Å². The number of para-hydroxylation sites is 1. The van der Waals surface area contributed by atoms with Crippen LogP contribution < -0.4 is 4.90 Å². The van der Waals surface area contributed by atoms with Crippen LogP contribution in [-0.4, -0.2) is 18.3 Å². The zero-order valence-electron chi connectivity index (χ0n) is 13.6. The second-order valence-electron chi connectivity index (χ2n) is 5.61. The maximum absolute atomic E-state index is 14.0. The van der Waals surface area contributed by atoms with Crippen LogP contribution in [0.5, 0.6) is 0 Å². The summed E-state index contributed by atoms with van der Waals surface area (Å²) < 4.78 is 60.0. The van der Waals surface area contributed by atoms with E-state index in [0.29, 0.717) is 5.76 Å². The van der Waals surface area contributed by atoms with Gasteiger partial charge in [0.2, 0.25) is 0 Å². The highest BCUT2D eigenvalue weighted by Crippen LogP contribution is 2.29. The van der Waals surface area contributed by atoms with Gasteiger partial charge in [0, 0.05) is 29.9 Å². The quantitative estimate of drug-likeness (QED) is 0.812. The van der Waals surface area contributed by atoms with Crippen molar-refractivity contribution < 1.29 is 27.4 Å². The van der Waals surface area contributed by atoms with Gasteiger partial charge in [0.25, 0.3) is 0 Å². The van der Waals surface area contributed by atoms with Crippen LogP contribution in [0.25, 0.3) is 0 Å². The van der Waals surface area contributed by atoms with Gasteiger partial charge < -0.3 is 14.7 Å².